The number of rotatable bonds is 0. The van der Waals surface area contributed by atoms with Gasteiger partial charge in [0, 0.05) is 13.7 Å². The standard InChI is InChI=1S/C8H3F2IS/c9-7-6-4(11)2-1-3-5(6)12-8(7)10/h1-3H. The van der Waals surface area contributed by atoms with Gasteiger partial charge in [0.1, 0.15) is 0 Å². The van der Waals surface area contributed by atoms with Crippen LogP contribution in [0.1, 0.15) is 0 Å². The minimum atomic E-state index is -0.728. The Bertz CT molecular complexity index is 436. The Morgan fingerprint density at radius 1 is 1.25 bits per heavy atom. The molecule has 0 N–H and O–H groups in total. The van der Waals surface area contributed by atoms with Crippen molar-refractivity contribution in [1.29, 1.82) is 0 Å². The van der Waals surface area contributed by atoms with Crippen LogP contribution in [-0.2, 0) is 0 Å². The van der Waals surface area contributed by atoms with Crippen LogP contribution >= 0.6 is 33.9 Å². The monoisotopic (exact) mass is 296 g/mol. The fraction of sp³-hybridized carbons (Fsp3) is 0. The van der Waals surface area contributed by atoms with E-state index in [0.29, 0.717) is 10.1 Å². The molecule has 62 valence electrons. The van der Waals surface area contributed by atoms with Gasteiger partial charge in [0.25, 0.3) is 0 Å². The molecule has 0 aliphatic heterocycles. The molecule has 2 aromatic rings. The first kappa shape index (κ1) is 8.37. The van der Waals surface area contributed by atoms with Gasteiger partial charge in [-0.25, -0.2) is 4.39 Å². The molecule has 0 spiro atoms. The quantitative estimate of drug-likeness (QED) is 0.649. The van der Waals surface area contributed by atoms with Crippen LogP contribution in [0, 0.1) is 14.5 Å². The summed E-state index contributed by atoms with van der Waals surface area (Å²) in [5, 5.41) is -0.324. The van der Waals surface area contributed by atoms with E-state index in [4.69, 9.17) is 0 Å². The maximum atomic E-state index is 13.0. The lowest BCUT2D eigenvalue weighted by Gasteiger charge is -1.91. The molecule has 0 amide bonds. The van der Waals surface area contributed by atoms with Crippen LogP contribution in [0.2, 0.25) is 0 Å². The van der Waals surface area contributed by atoms with Crippen molar-refractivity contribution in [3.63, 3.8) is 0 Å². The van der Waals surface area contributed by atoms with Gasteiger partial charge in [-0.15, -0.1) is 11.3 Å². The molecule has 0 saturated carbocycles. The number of thiophene rings is 1. The zero-order valence-electron chi connectivity index (χ0n) is 5.77. The second-order valence-corrected chi connectivity index (χ2v) is 4.47. The molecule has 4 heteroatoms. The minimum Gasteiger partial charge on any atom is -0.202 e. The third-order valence-corrected chi connectivity index (χ3v) is 3.38. The molecule has 2 rings (SSSR count). The molecule has 0 nitrogen and oxygen atoms in total. The van der Waals surface area contributed by atoms with Crippen LogP contribution in [-0.4, -0.2) is 0 Å². The minimum absolute atomic E-state index is 0.403. The maximum absolute atomic E-state index is 13.0. The van der Waals surface area contributed by atoms with Gasteiger partial charge in [-0.05, 0) is 34.7 Å². The normalized spacial score (nSPS) is 10.9. The first-order chi connectivity index (χ1) is 5.70. The van der Waals surface area contributed by atoms with Gasteiger partial charge < -0.3 is 0 Å². The summed E-state index contributed by atoms with van der Waals surface area (Å²) >= 11 is 2.84. The summed E-state index contributed by atoms with van der Waals surface area (Å²) < 4.78 is 27.2. The molecule has 1 aromatic carbocycles. The lowest BCUT2D eigenvalue weighted by molar-refractivity contribution is 0.537. The van der Waals surface area contributed by atoms with Gasteiger partial charge in [0.2, 0.25) is 5.13 Å². The van der Waals surface area contributed by atoms with Gasteiger partial charge in [-0.3, -0.25) is 0 Å². The largest absolute Gasteiger partial charge is 0.213 e. The summed E-state index contributed by atoms with van der Waals surface area (Å²) in [5.41, 5.74) is 0. The summed E-state index contributed by atoms with van der Waals surface area (Å²) in [7, 11) is 0. The van der Waals surface area contributed by atoms with E-state index in [2.05, 4.69) is 0 Å². The van der Waals surface area contributed by atoms with Crippen LogP contribution in [0.4, 0.5) is 8.78 Å². The van der Waals surface area contributed by atoms with Crippen LogP contribution in [0.15, 0.2) is 18.2 Å². The smallest absolute Gasteiger partial charge is 0.202 e. The SMILES string of the molecule is Fc1sc2cccc(I)c2c1F. The van der Waals surface area contributed by atoms with Crippen molar-refractivity contribution >= 4 is 44.0 Å². The Balaban J connectivity index is 2.97. The average Bonchev–Trinajstić information content (AvgIpc) is 2.29. The summed E-state index contributed by atoms with van der Waals surface area (Å²) in [6.45, 7) is 0. The molecule has 0 aliphatic rings. The van der Waals surface area contributed by atoms with Crippen LogP contribution in [0.25, 0.3) is 10.1 Å². The van der Waals surface area contributed by atoms with E-state index in [1.165, 1.54) is 0 Å². The Hall–Kier alpha value is -0.230. The van der Waals surface area contributed by atoms with E-state index in [1.807, 2.05) is 22.6 Å². The lowest BCUT2D eigenvalue weighted by atomic mass is 10.3. The van der Waals surface area contributed by atoms with Crippen LogP contribution in [0.5, 0.6) is 0 Å². The van der Waals surface area contributed by atoms with Crippen molar-refractivity contribution in [3.05, 3.63) is 32.7 Å². The molecular weight excluding hydrogens is 293 g/mol. The Morgan fingerprint density at radius 3 is 2.67 bits per heavy atom. The zero-order chi connectivity index (χ0) is 8.72. The number of hydrogen-bond donors (Lipinski definition) is 0. The van der Waals surface area contributed by atoms with Gasteiger partial charge in [0.05, 0.1) is 0 Å². The summed E-state index contributed by atoms with van der Waals surface area (Å²) in [4.78, 5) is 0. The Kier molecular flexibility index (Phi) is 2.04. The summed E-state index contributed by atoms with van der Waals surface area (Å²) in [6, 6.07) is 5.27. The fourth-order valence-corrected chi connectivity index (χ4v) is 2.79. The average molecular weight is 296 g/mol. The highest BCUT2D eigenvalue weighted by Crippen LogP contribution is 2.31. The Labute approximate surface area is 85.3 Å². The Morgan fingerprint density at radius 2 is 2.00 bits per heavy atom. The third-order valence-electron chi connectivity index (χ3n) is 1.57. The molecule has 0 radical (unpaired) electrons. The highest BCUT2D eigenvalue weighted by atomic mass is 127. The molecule has 12 heavy (non-hydrogen) atoms. The molecule has 0 fully saturated rings. The molecule has 0 saturated heterocycles. The summed E-state index contributed by atoms with van der Waals surface area (Å²) in [5.74, 6) is -0.722. The molecule has 1 aromatic heterocycles. The van der Waals surface area contributed by atoms with Crippen molar-refractivity contribution in [2.24, 2.45) is 0 Å². The van der Waals surface area contributed by atoms with E-state index in [-0.39, 0.29) is 0 Å². The van der Waals surface area contributed by atoms with E-state index in [9.17, 15) is 8.78 Å². The molecule has 0 bridgehead atoms. The zero-order valence-corrected chi connectivity index (χ0v) is 8.75. The first-order valence-electron chi connectivity index (χ1n) is 3.22. The lowest BCUT2D eigenvalue weighted by Crippen LogP contribution is -1.76. The number of benzene rings is 1. The van der Waals surface area contributed by atoms with Gasteiger partial charge in [-0.1, -0.05) is 6.07 Å². The van der Waals surface area contributed by atoms with Crippen molar-refractivity contribution in [2.45, 2.75) is 0 Å². The molecule has 0 aliphatic carbocycles. The van der Waals surface area contributed by atoms with Gasteiger partial charge in [0.15, 0.2) is 5.82 Å². The molecular formula is C8H3F2IS. The number of hydrogen-bond acceptors (Lipinski definition) is 1. The maximum Gasteiger partial charge on any atom is 0.213 e. The van der Waals surface area contributed by atoms with Crippen LogP contribution < -0.4 is 0 Å². The van der Waals surface area contributed by atoms with Crippen molar-refractivity contribution in [3.8, 4) is 0 Å². The fourth-order valence-electron chi connectivity index (χ4n) is 1.04. The van der Waals surface area contributed by atoms with Crippen molar-refractivity contribution in [1.82, 2.24) is 0 Å². The molecule has 0 atom stereocenters. The highest BCUT2D eigenvalue weighted by Gasteiger charge is 2.13. The van der Waals surface area contributed by atoms with E-state index in [0.717, 1.165) is 14.9 Å². The van der Waals surface area contributed by atoms with Gasteiger partial charge in [-0.2, -0.15) is 4.39 Å². The van der Waals surface area contributed by atoms with E-state index >= 15 is 0 Å². The number of halogens is 3. The van der Waals surface area contributed by atoms with E-state index < -0.39 is 10.9 Å². The predicted octanol–water partition coefficient (Wildman–Crippen LogP) is 3.78. The van der Waals surface area contributed by atoms with Crippen molar-refractivity contribution < 1.29 is 8.78 Å². The second-order valence-electron chi connectivity index (χ2n) is 2.30. The molecule has 0 unspecified atom stereocenters. The topological polar surface area (TPSA) is 0 Å². The van der Waals surface area contributed by atoms with Crippen molar-refractivity contribution in [2.75, 3.05) is 0 Å². The second kappa shape index (κ2) is 2.92. The summed E-state index contributed by atoms with van der Waals surface area (Å²) in [6.07, 6.45) is 0. The van der Waals surface area contributed by atoms with Crippen LogP contribution in [0.3, 0.4) is 0 Å². The first-order valence-corrected chi connectivity index (χ1v) is 5.11. The highest BCUT2D eigenvalue weighted by molar-refractivity contribution is 14.1. The number of fused-ring (bicyclic) bond motifs is 1. The van der Waals surface area contributed by atoms with E-state index in [1.54, 1.807) is 18.2 Å². The van der Waals surface area contributed by atoms with Gasteiger partial charge >= 0.3 is 0 Å². The third kappa shape index (κ3) is 1.13. The predicted molar refractivity (Wildman–Crippen MR) is 54.5 cm³/mol. The molecule has 1 heterocycles.